The van der Waals surface area contributed by atoms with E-state index in [1.807, 2.05) is 6.07 Å². The number of imidazole rings is 1. The molecule has 11 heteroatoms. The van der Waals surface area contributed by atoms with Gasteiger partial charge in [0.1, 0.15) is 24.2 Å². The van der Waals surface area contributed by atoms with E-state index in [0.717, 1.165) is 0 Å². The Morgan fingerprint density at radius 2 is 2.17 bits per heavy atom. The van der Waals surface area contributed by atoms with E-state index in [1.54, 1.807) is 24.3 Å². The van der Waals surface area contributed by atoms with E-state index in [-0.39, 0.29) is 36.7 Å². The average molecular weight is 401 g/mol. The Morgan fingerprint density at radius 1 is 1.38 bits per heavy atom. The Morgan fingerprint density at radius 3 is 2.93 bits per heavy atom. The third kappa shape index (κ3) is 3.91. The summed E-state index contributed by atoms with van der Waals surface area (Å²) in [5.74, 6) is -0.0969. The minimum atomic E-state index is -0.738. The summed E-state index contributed by atoms with van der Waals surface area (Å²) < 4.78 is 18.1. The lowest BCUT2D eigenvalue weighted by molar-refractivity contribution is -0.155. The zero-order valence-electron chi connectivity index (χ0n) is 15.2. The number of para-hydroxylation sites is 1. The molecule has 1 aliphatic heterocycles. The zero-order valence-corrected chi connectivity index (χ0v) is 15.2. The first-order chi connectivity index (χ1) is 14.0. The van der Waals surface area contributed by atoms with Crippen molar-refractivity contribution in [3.63, 3.8) is 0 Å². The summed E-state index contributed by atoms with van der Waals surface area (Å²) in [5, 5.41) is 9.61. The molecule has 0 unspecified atom stereocenters. The van der Waals surface area contributed by atoms with Gasteiger partial charge in [0.15, 0.2) is 17.8 Å². The number of aromatic amines is 1. The molecular formula is C18H19N5O6. The maximum atomic E-state index is 12.2. The number of carbonyl (C=O) groups is 1. The van der Waals surface area contributed by atoms with Gasteiger partial charge in [-0.1, -0.05) is 18.2 Å². The number of esters is 1. The molecule has 0 radical (unpaired) electrons. The molecule has 1 aliphatic rings. The molecule has 1 fully saturated rings. The normalized spacial score (nSPS) is 21.3. The van der Waals surface area contributed by atoms with Crippen molar-refractivity contribution in [1.82, 2.24) is 19.5 Å². The van der Waals surface area contributed by atoms with Gasteiger partial charge in [-0.05, 0) is 12.1 Å². The number of hydrogen-bond donors (Lipinski definition) is 3. The van der Waals surface area contributed by atoms with Gasteiger partial charge in [0, 0.05) is 6.42 Å². The molecule has 0 bridgehead atoms. The van der Waals surface area contributed by atoms with Gasteiger partial charge in [-0.3, -0.25) is 14.3 Å². The van der Waals surface area contributed by atoms with Crippen molar-refractivity contribution in [2.24, 2.45) is 0 Å². The van der Waals surface area contributed by atoms with Gasteiger partial charge in [-0.2, -0.15) is 4.98 Å². The fourth-order valence-corrected chi connectivity index (χ4v) is 3.17. The Labute approximate surface area is 164 Å². The summed E-state index contributed by atoms with van der Waals surface area (Å²) in [6.07, 6.45) is -0.444. The van der Waals surface area contributed by atoms with Crippen molar-refractivity contribution in [2.75, 3.05) is 18.9 Å². The number of anilines is 1. The Bertz CT molecular complexity index is 1070. The highest BCUT2D eigenvalue weighted by Gasteiger charge is 2.39. The van der Waals surface area contributed by atoms with E-state index in [2.05, 4.69) is 15.0 Å². The van der Waals surface area contributed by atoms with Crippen LogP contribution in [0.2, 0.25) is 0 Å². The molecule has 3 atom stereocenters. The monoisotopic (exact) mass is 401 g/mol. The molecular weight excluding hydrogens is 382 g/mol. The summed E-state index contributed by atoms with van der Waals surface area (Å²) in [4.78, 5) is 34.6. The number of carbonyl (C=O) groups excluding carboxylic acids is 1. The van der Waals surface area contributed by atoms with E-state index in [0.29, 0.717) is 5.75 Å². The number of nitrogens with two attached hydrogens (primary N) is 1. The number of aliphatic hydroxyl groups excluding tert-OH is 1. The molecule has 0 amide bonds. The standard InChI is InChI=1S/C18H19N5O6/c19-18-21-16-15(17(26)22-18)20-9-23(16)13-6-11(12(7-24)28-13)29-14(25)8-27-10-4-2-1-3-5-10/h1-5,9,11-13,24H,6-8H2,(H3,19,21,22,26)/t11-,12+,13+/m0/s1. The second-order valence-corrected chi connectivity index (χ2v) is 6.45. The topological polar surface area (TPSA) is 155 Å². The molecule has 2 aromatic heterocycles. The number of ether oxygens (including phenoxy) is 3. The van der Waals surface area contributed by atoms with Gasteiger partial charge in [-0.25, -0.2) is 9.78 Å². The van der Waals surface area contributed by atoms with Gasteiger partial charge in [-0.15, -0.1) is 0 Å². The lowest BCUT2D eigenvalue weighted by Crippen LogP contribution is -2.31. The van der Waals surface area contributed by atoms with Crippen LogP contribution in [0.4, 0.5) is 5.95 Å². The first kappa shape index (κ1) is 18.9. The van der Waals surface area contributed by atoms with Gasteiger partial charge >= 0.3 is 5.97 Å². The second kappa shape index (κ2) is 7.89. The van der Waals surface area contributed by atoms with Crippen LogP contribution >= 0.6 is 0 Å². The van der Waals surface area contributed by atoms with Crippen LogP contribution in [0, 0.1) is 0 Å². The molecule has 3 aromatic rings. The first-order valence-corrected chi connectivity index (χ1v) is 8.91. The fourth-order valence-electron chi connectivity index (χ4n) is 3.17. The molecule has 0 spiro atoms. The third-order valence-electron chi connectivity index (χ3n) is 4.50. The Balaban J connectivity index is 1.45. The number of aromatic nitrogens is 4. The largest absolute Gasteiger partial charge is 0.482 e. The molecule has 11 nitrogen and oxygen atoms in total. The van der Waals surface area contributed by atoms with Crippen molar-refractivity contribution < 1.29 is 24.1 Å². The molecule has 3 heterocycles. The molecule has 1 saturated heterocycles. The van der Waals surface area contributed by atoms with E-state index in [4.69, 9.17) is 19.9 Å². The molecule has 4 rings (SSSR count). The Kier molecular flexibility index (Phi) is 5.14. The van der Waals surface area contributed by atoms with Crippen LogP contribution < -0.4 is 16.0 Å². The van der Waals surface area contributed by atoms with E-state index >= 15 is 0 Å². The van der Waals surface area contributed by atoms with Gasteiger partial charge in [0.2, 0.25) is 5.95 Å². The number of nitrogens with zero attached hydrogens (tertiary/aromatic N) is 3. The summed E-state index contributed by atoms with van der Waals surface area (Å²) >= 11 is 0. The number of aliphatic hydroxyl groups is 1. The van der Waals surface area contributed by atoms with Gasteiger partial charge in [0.05, 0.1) is 12.9 Å². The van der Waals surface area contributed by atoms with Crippen molar-refractivity contribution in [3.8, 4) is 5.75 Å². The average Bonchev–Trinajstić information content (AvgIpc) is 3.31. The molecule has 4 N–H and O–H groups in total. The van der Waals surface area contributed by atoms with Crippen LogP contribution in [0.15, 0.2) is 41.5 Å². The lowest BCUT2D eigenvalue weighted by Gasteiger charge is -2.16. The quantitative estimate of drug-likeness (QED) is 0.483. The van der Waals surface area contributed by atoms with Crippen LogP contribution in [0.5, 0.6) is 5.75 Å². The van der Waals surface area contributed by atoms with E-state index in [9.17, 15) is 14.7 Å². The molecule has 29 heavy (non-hydrogen) atoms. The van der Waals surface area contributed by atoms with Crippen molar-refractivity contribution in [3.05, 3.63) is 47.0 Å². The predicted molar refractivity (Wildman–Crippen MR) is 100.0 cm³/mol. The number of fused-ring (bicyclic) bond motifs is 1. The van der Waals surface area contributed by atoms with Crippen molar-refractivity contribution in [1.29, 1.82) is 0 Å². The third-order valence-corrected chi connectivity index (χ3v) is 4.50. The second-order valence-electron chi connectivity index (χ2n) is 6.45. The van der Waals surface area contributed by atoms with Crippen LogP contribution in [0.3, 0.4) is 0 Å². The highest BCUT2D eigenvalue weighted by atomic mass is 16.6. The highest BCUT2D eigenvalue weighted by molar-refractivity contribution is 5.71. The number of rotatable bonds is 6. The van der Waals surface area contributed by atoms with Crippen LogP contribution in [-0.2, 0) is 14.3 Å². The maximum Gasteiger partial charge on any atom is 0.344 e. The van der Waals surface area contributed by atoms with Gasteiger partial charge in [0.25, 0.3) is 5.56 Å². The van der Waals surface area contributed by atoms with E-state index < -0.39 is 30.0 Å². The van der Waals surface area contributed by atoms with Gasteiger partial charge < -0.3 is 25.1 Å². The SMILES string of the molecule is Nc1nc2c(ncn2[C@H]2C[C@H](OC(=O)COc3ccccc3)[C@@H](CO)O2)c(=O)[nH]1. The lowest BCUT2D eigenvalue weighted by atomic mass is 10.2. The molecule has 152 valence electrons. The molecule has 0 aliphatic carbocycles. The molecule has 0 saturated carbocycles. The zero-order chi connectivity index (χ0) is 20.4. The van der Waals surface area contributed by atoms with Crippen LogP contribution in [0.25, 0.3) is 11.2 Å². The van der Waals surface area contributed by atoms with Crippen molar-refractivity contribution in [2.45, 2.75) is 24.9 Å². The minimum Gasteiger partial charge on any atom is -0.482 e. The number of nitrogens with one attached hydrogen (secondary N) is 1. The predicted octanol–water partition coefficient (Wildman–Crippen LogP) is -0.0276. The Hall–Kier alpha value is -3.44. The number of nitrogen functional groups attached to an aromatic ring is 1. The molecule has 1 aromatic carbocycles. The maximum absolute atomic E-state index is 12.2. The highest BCUT2D eigenvalue weighted by Crippen LogP contribution is 2.32. The number of hydrogen-bond acceptors (Lipinski definition) is 9. The van der Waals surface area contributed by atoms with Crippen LogP contribution in [-0.4, -0.2) is 56.0 Å². The van der Waals surface area contributed by atoms with Crippen molar-refractivity contribution >= 4 is 23.1 Å². The fraction of sp³-hybridized carbons (Fsp3) is 0.333. The number of benzene rings is 1. The smallest absolute Gasteiger partial charge is 0.344 e. The first-order valence-electron chi connectivity index (χ1n) is 8.91. The van der Waals surface area contributed by atoms with Crippen LogP contribution in [0.1, 0.15) is 12.6 Å². The summed E-state index contributed by atoms with van der Waals surface area (Å²) in [7, 11) is 0. The van der Waals surface area contributed by atoms with E-state index in [1.165, 1.54) is 10.9 Å². The summed E-state index contributed by atoms with van der Waals surface area (Å²) in [6, 6.07) is 8.87. The number of H-pyrrole nitrogens is 1. The summed E-state index contributed by atoms with van der Waals surface area (Å²) in [5.41, 5.74) is 5.49. The summed E-state index contributed by atoms with van der Waals surface area (Å²) in [6.45, 7) is -0.623. The minimum absolute atomic E-state index is 0.0537.